The van der Waals surface area contributed by atoms with Crippen LogP contribution in [-0.4, -0.2) is 55.6 Å². The Bertz CT molecular complexity index is 857. The van der Waals surface area contributed by atoms with Gasteiger partial charge < -0.3 is 15.1 Å². The van der Waals surface area contributed by atoms with Crippen LogP contribution < -0.4 is 5.32 Å². The van der Waals surface area contributed by atoms with E-state index >= 15 is 0 Å². The SMILES string of the molecule is CC(CN1CCC(=Cc2ccccc2CNCCCN2CCCCCC2)CC1)c1ccccc1. The van der Waals surface area contributed by atoms with Crippen molar-refractivity contribution in [1.29, 1.82) is 0 Å². The van der Waals surface area contributed by atoms with Crippen molar-refractivity contribution >= 4 is 6.08 Å². The van der Waals surface area contributed by atoms with Crippen LogP contribution in [0.15, 0.2) is 60.2 Å². The number of rotatable bonds is 10. The van der Waals surface area contributed by atoms with Crippen LogP contribution in [0.2, 0.25) is 0 Å². The van der Waals surface area contributed by atoms with Gasteiger partial charge in [-0.3, -0.25) is 0 Å². The molecule has 2 fully saturated rings. The normalized spacial score (nSPS) is 19.0. The summed E-state index contributed by atoms with van der Waals surface area (Å²) >= 11 is 0. The van der Waals surface area contributed by atoms with E-state index in [4.69, 9.17) is 0 Å². The molecule has 3 nitrogen and oxygen atoms in total. The number of nitrogens with one attached hydrogen (secondary N) is 1. The highest BCUT2D eigenvalue weighted by molar-refractivity contribution is 5.57. The highest BCUT2D eigenvalue weighted by Crippen LogP contribution is 2.24. The molecule has 2 saturated heterocycles. The highest BCUT2D eigenvalue weighted by atomic mass is 15.1. The second kappa shape index (κ2) is 13.8. The number of hydrogen-bond donors (Lipinski definition) is 1. The molecule has 4 rings (SSSR count). The van der Waals surface area contributed by atoms with Crippen molar-refractivity contribution in [3.8, 4) is 0 Å². The first-order valence-corrected chi connectivity index (χ1v) is 13.8. The summed E-state index contributed by atoms with van der Waals surface area (Å²) in [6.45, 7) is 11.8. The van der Waals surface area contributed by atoms with E-state index in [-0.39, 0.29) is 0 Å². The molecule has 0 aromatic heterocycles. The molecule has 184 valence electrons. The Morgan fingerprint density at radius 1 is 0.824 bits per heavy atom. The first kappa shape index (κ1) is 25.2. The molecular weight excluding hydrogens is 414 g/mol. The Kier molecular flexibility index (Phi) is 10.2. The van der Waals surface area contributed by atoms with Crippen LogP contribution in [0.4, 0.5) is 0 Å². The van der Waals surface area contributed by atoms with Crippen molar-refractivity contribution in [3.63, 3.8) is 0 Å². The average Bonchev–Trinajstić information content (AvgIpc) is 3.15. The lowest BCUT2D eigenvalue weighted by atomic mass is 9.96. The number of benzene rings is 2. The van der Waals surface area contributed by atoms with Gasteiger partial charge in [0, 0.05) is 26.2 Å². The third-order valence-corrected chi connectivity index (χ3v) is 7.66. The van der Waals surface area contributed by atoms with E-state index in [1.54, 1.807) is 5.57 Å². The average molecular weight is 460 g/mol. The van der Waals surface area contributed by atoms with Crippen molar-refractivity contribution in [2.24, 2.45) is 0 Å². The van der Waals surface area contributed by atoms with Crippen LogP contribution in [0.1, 0.15) is 74.5 Å². The summed E-state index contributed by atoms with van der Waals surface area (Å²) in [5, 5.41) is 3.71. The molecular formula is C31H45N3. The van der Waals surface area contributed by atoms with Gasteiger partial charge in [-0.05, 0) is 80.9 Å². The minimum atomic E-state index is 0.595. The third kappa shape index (κ3) is 8.08. The van der Waals surface area contributed by atoms with Gasteiger partial charge in [0.15, 0.2) is 0 Å². The van der Waals surface area contributed by atoms with Crippen molar-refractivity contribution in [2.75, 3.05) is 45.8 Å². The van der Waals surface area contributed by atoms with Gasteiger partial charge in [-0.1, -0.05) is 86.0 Å². The van der Waals surface area contributed by atoms with E-state index in [9.17, 15) is 0 Å². The fraction of sp³-hybridized carbons (Fsp3) is 0.548. The zero-order chi connectivity index (χ0) is 23.4. The van der Waals surface area contributed by atoms with E-state index in [2.05, 4.69) is 82.7 Å². The second-order valence-electron chi connectivity index (χ2n) is 10.4. The van der Waals surface area contributed by atoms with Gasteiger partial charge in [0.05, 0.1) is 0 Å². The first-order valence-electron chi connectivity index (χ1n) is 13.8. The van der Waals surface area contributed by atoms with Crippen LogP contribution in [0.3, 0.4) is 0 Å². The summed E-state index contributed by atoms with van der Waals surface area (Å²) in [6.07, 6.45) is 11.7. The maximum Gasteiger partial charge on any atom is 0.0211 e. The van der Waals surface area contributed by atoms with E-state index in [0.717, 1.165) is 19.6 Å². The van der Waals surface area contributed by atoms with E-state index in [1.807, 2.05) is 0 Å². The molecule has 2 aromatic rings. The monoisotopic (exact) mass is 459 g/mol. The molecule has 2 aromatic carbocycles. The predicted molar refractivity (Wildman–Crippen MR) is 146 cm³/mol. The Hall–Kier alpha value is -1.94. The van der Waals surface area contributed by atoms with Crippen molar-refractivity contribution < 1.29 is 0 Å². The smallest absolute Gasteiger partial charge is 0.0211 e. The molecule has 0 saturated carbocycles. The van der Waals surface area contributed by atoms with Crippen LogP contribution in [-0.2, 0) is 6.54 Å². The fourth-order valence-electron chi connectivity index (χ4n) is 5.51. The lowest BCUT2D eigenvalue weighted by molar-refractivity contribution is 0.245. The van der Waals surface area contributed by atoms with Gasteiger partial charge in [0.1, 0.15) is 0 Å². The van der Waals surface area contributed by atoms with Crippen LogP contribution in [0.5, 0.6) is 0 Å². The standard InChI is InChI=1S/C31H45N3/c1-27(29-12-5-4-6-13-29)26-34-22-16-28(17-23-34)24-30-14-7-8-15-31(30)25-32-18-11-21-33-19-9-2-3-10-20-33/h4-8,12-15,24,27,32H,2-3,9-11,16-23,25-26H2,1H3. The molecule has 2 aliphatic heterocycles. The highest BCUT2D eigenvalue weighted by Gasteiger charge is 2.17. The Balaban J connectivity index is 1.21. The molecule has 1 unspecified atom stereocenters. The quantitative estimate of drug-likeness (QED) is 0.419. The summed E-state index contributed by atoms with van der Waals surface area (Å²) in [4.78, 5) is 5.31. The number of nitrogens with zero attached hydrogens (tertiary/aromatic N) is 2. The maximum absolute atomic E-state index is 3.71. The summed E-state index contributed by atoms with van der Waals surface area (Å²) in [5.74, 6) is 0.595. The molecule has 1 N–H and O–H groups in total. The number of hydrogen-bond acceptors (Lipinski definition) is 3. The number of likely N-dealkylation sites (tertiary alicyclic amines) is 2. The predicted octanol–water partition coefficient (Wildman–Crippen LogP) is 6.33. The van der Waals surface area contributed by atoms with E-state index in [1.165, 1.54) is 94.4 Å². The van der Waals surface area contributed by atoms with E-state index < -0.39 is 0 Å². The molecule has 0 spiro atoms. The summed E-state index contributed by atoms with van der Waals surface area (Å²) in [7, 11) is 0. The molecule has 2 aliphatic rings. The second-order valence-corrected chi connectivity index (χ2v) is 10.4. The topological polar surface area (TPSA) is 18.5 Å². The van der Waals surface area contributed by atoms with Gasteiger partial charge in [0.2, 0.25) is 0 Å². The van der Waals surface area contributed by atoms with Gasteiger partial charge in [0.25, 0.3) is 0 Å². The summed E-state index contributed by atoms with van der Waals surface area (Å²) in [5.41, 5.74) is 5.91. The fourth-order valence-corrected chi connectivity index (χ4v) is 5.51. The molecule has 0 amide bonds. The molecule has 3 heteroatoms. The Morgan fingerprint density at radius 2 is 1.53 bits per heavy atom. The molecule has 1 atom stereocenters. The molecule has 2 heterocycles. The minimum absolute atomic E-state index is 0.595. The number of piperidine rings is 1. The van der Waals surface area contributed by atoms with Gasteiger partial charge in [-0.2, -0.15) is 0 Å². The lowest BCUT2D eigenvalue weighted by Crippen LogP contribution is -2.33. The maximum atomic E-state index is 3.71. The lowest BCUT2D eigenvalue weighted by Gasteiger charge is -2.31. The van der Waals surface area contributed by atoms with Crippen molar-refractivity contribution in [2.45, 2.75) is 64.3 Å². The van der Waals surface area contributed by atoms with Gasteiger partial charge >= 0.3 is 0 Å². The largest absolute Gasteiger partial charge is 0.313 e. The minimum Gasteiger partial charge on any atom is -0.313 e. The van der Waals surface area contributed by atoms with Crippen molar-refractivity contribution in [1.82, 2.24) is 15.1 Å². The zero-order valence-corrected chi connectivity index (χ0v) is 21.4. The Labute approximate surface area is 208 Å². The molecule has 0 aliphatic carbocycles. The van der Waals surface area contributed by atoms with Crippen LogP contribution in [0, 0.1) is 0 Å². The van der Waals surface area contributed by atoms with Crippen LogP contribution >= 0.6 is 0 Å². The van der Waals surface area contributed by atoms with Gasteiger partial charge in [-0.25, -0.2) is 0 Å². The van der Waals surface area contributed by atoms with Crippen molar-refractivity contribution in [3.05, 3.63) is 76.9 Å². The zero-order valence-electron chi connectivity index (χ0n) is 21.4. The first-order chi connectivity index (χ1) is 16.8. The van der Waals surface area contributed by atoms with Gasteiger partial charge in [-0.15, -0.1) is 0 Å². The molecule has 34 heavy (non-hydrogen) atoms. The summed E-state index contributed by atoms with van der Waals surface area (Å²) in [6, 6.07) is 19.9. The third-order valence-electron chi connectivity index (χ3n) is 7.66. The molecule has 0 radical (unpaired) electrons. The molecule has 0 bridgehead atoms. The van der Waals surface area contributed by atoms with E-state index in [0.29, 0.717) is 5.92 Å². The van der Waals surface area contributed by atoms with Crippen LogP contribution in [0.25, 0.3) is 6.08 Å². The Morgan fingerprint density at radius 3 is 2.29 bits per heavy atom. The summed E-state index contributed by atoms with van der Waals surface area (Å²) < 4.78 is 0.